The fourth-order valence-corrected chi connectivity index (χ4v) is 2.53. The number of rotatable bonds is 5. The van der Waals surface area contributed by atoms with Crippen LogP contribution in [0.2, 0.25) is 0 Å². The van der Waals surface area contributed by atoms with E-state index in [-0.39, 0.29) is 5.97 Å². The van der Waals surface area contributed by atoms with E-state index in [2.05, 4.69) is 11.3 Å². The summed E-state index contributed by atoms with van der Waals surface area (Å²) in [4.78, 5) is 35.4. The van der Waals surface area contributed by atoms with Gasteiger partial charge >= 0.3 is 17.9 Å². The fourth-order valence-electron chi connectivity index (χ4n) is 2.53. The molecule has 0 N–H and O–H groups in total. The molecular weight excluding hydrogens is 260 g/mol. The lowest BCUT2D eigenvalue weighted by Crippen LogP contribution is -2.44. The number of hydrogen-bond acceptors (Lipinski definition) is 5. The molecule has 0 aliphatic heterocycles. The van der Waals surface area contributed by atoms with E-state index >= 15 is 0 Å². The molecule has 1 saturated carbocycles. The van der Waals surface area contributed by atoms with Crippen LogP contribution in [0.25, 0.3) is 0 Å². The molecule has 112 valence electrons. The summed E-state index contributed by atoms with van der Waals surface area (Å²) in [7, 11) is 0. The van der Waals surface area contributed by atoms with Crippen molar-refractivity contribution in [3.8, 4) is 0 Å². The van der Waals surface area contributed by atoms with Crippen LogP contribution in [0.5, 0.6) is 0 Å². The van der Waals surface area contributed by atoms with E-state index < -0.39 is 23.3 Å². The first-order valence-electron chi connectivity index (χ1n) is 7.01. The summed E-state index contributed by atoms with van der Waals surface area (Å²) in [5, 5.41) is 0. The Hall–Kier alpha value is -1.65. The highest BCUT2D eigenvalue weighted by molar-refractivity contribution is 5.94. The van der Waals surface area contributed by atoms with Gasteiger partial charge in [-0.1, -0.05) is 26.3 Å². The molecule has 20 heavy (non-hydrogen) atoms. The van der Waals surface area contributed by atoms with Crippen LogP contribution >= 0.6 is 0 Å². The molecule has 0 spiro atoms. The predicted octanol–water partition coefficient (Wildman–Crippen LogP) is 2.39. The van der Waals surface area contributed by atoms with Crippen LogP contribution in [-0.2, 0) is 23.9 Å². The second-order valence-corrected chi connectivity index (χ2v) is 5.30. The summed E-state index contributed by atoms with van der Waals surface area (Å²) >= 11 is 0. The minimum absolute atomic E-state index is 0.335. The Morgan fingerprint density at radius 1 is 1.35 bits per heavy atom. The third-order valence-electron chi connectivity index (χ3n) is 3.76. The molecule has 0 aromatic rings. The number of carbonyl (C=O) groups excluding carboxylic acids is 3. The Kier molecular flexibility index (Phi) is 5.92. The lowest BCUT2D eigenvalue weighted by atomic mass is 9.67. The highest BCUT2D eigenvalue weighted by Crippen LogP contribution is 2.42. The normalized spacial score (nSPS) is 25.6. The topological polar surface area (TPSA) is 69.7 Å². The largest absolute Gasteiger partial charge is 0.465 e. The monoisotopic (exact) mass is 282 g/mol. The number of ether oxygens (including phenoxy) is 2. The average molecular weight is 282 g/mol. The maximum atomic E-state index is 12.2. The summed E-state index contributed by atoms with van der Waals surface area (Å²) in [6.07, 6.45) is 4.45. The van der Waals surface area contributed by atoms with Gasteiger partial charge in [-0.3, -0.25) is 9.59 Å². The van der Waals surface area contributed by atoms with Gasteiger partial charge in [-0.25, -0.2) is 4.79 Å². The van der Waals surface area contributed by atoms with Gasteiger partial charge in [0.2, 0.25) is 0 Å². The minimum atomic E-state index is -0.911. The van der Waals surface area contributed by atoms with Crippen molar-refractivity contribution in [2.75, 3.05) is 6.61 Å². The zero-order valence-corrected chi connectivity index (χ0v) is 12.1. The minimum Gasteiger partial charge on any atom is -0.465 e. The molecule has 5 heteroatoms. The van der Waals surface area contributed by atoms with Gasteiger partial charge in [-0.15, -0.1) is 0 Å². The molecule has 0 amide bonds. The molecule has 0 heterocycles. The van der Waals surface area contributed by atoms with Gasteiger partial charge in [0.25, 0.3) is 0 Å². The van der Waals surface area contributed by atoms with E-state index in [1.54, 1.807) is 6.92 Å². The lowest BCUT2D eigenvalue weighted by molar-refractivity contribution is -0.174. The van der Waals surface area contributed by atoms with Crippen LogP contribution in [0.15, 0.2) is 12.7 Å². The molecule has 0 radical (unpaired) electrons. The summed E-state index contributed by atoms with van der Waals surface area (Å²) in [5.41, 5.74) is -0.911. The van der Waals surface area contributed by atoms with Gasteiger partial charge in [0.15, 0.2) is 0 Å². The molecule has 0 aromatic carbocycles. The quantitative estimate of drug-likeness (QED) is 0.440. The lowest BCUT2D eigenvalue weighted by Gasteiger charge is -2.37. The zero-order valence-electron chi connectivity index (χ0n) is 12.1. The molecule has 5 nitrogen and oxygen atoms in total. The SMILES string of the molecule is C=CC(=O)OC(=O)C1CCCCC1(C)C(=O)OCCC. The summed E-state index contributed by atoms with van der Waals surface area (Å²) in [6, 6.07) is 0. The van der Waals surface area contributed by atoms with Gasteiger partial charge in [0.05, 0.1) is 17.9 Å². The predicted molar refractivity (Wildman–Crippen MR) is 72.6 cm³/mol. The molecule has 1 rings (SSSR count). The Bertz CT molecular complexity index is 401. The Balaban J connectivity index is 2.84. The molecule has 2 unspecified atom stereocenters. The third-order valence-corrected chi connectivity index (χ3v) is 3.76. The number of esters is 3. The molecule has 2 atom stereocenters. The van der Waals surface area contributed by atoms with E-state index in [1.165, 1.54) is 0 Å². The maximum absolute atomic E-state index is 12.2. The molecular formula is C15H22O5. The zero-order chi connectivity index (χ0) is 15.2. The Morgan fingerprint density at radius 3 is 2.65 bits per heavy atom. The third kappa shape index (κ3) is 3.68. The van der Waals surface area contributed by atoms with Gasteiger partial charge in [0, 0.05) is 6.08 Å². The van der Waals surface area contributed by atoms with Crippen molar-refractivity contribution in [3.63, 3.8) is 0 Å². The smallest absolute Gasteiger partial charge is 0.337 e. The van der Waals surface area contributed by atoms with E-state index in [0.717, 1.165) is 25.3 Å². The van der Waals surface area contributed by atoms with E-state index in [1.807, 2.05) is 6.92 Å². The van der Waals surface area contributed by atoms with Crippen LogP contribution in [-0.4, -0.2) is 24.5 Å². The van der Waals surface area contributed by atoms with Crippen molar-refractivity contribution in [1.29, 1.82) is 0 Å². The molecule has 0 saturated heterocycles. The Labute approximate surface area is 119 Å². The van der Waals surface area contributed by atoms with E-state index in [0.29, 0.717) is 19.4 Å². The Morgan fingerprint density at radius 2 is 2.05 bits per heavy atom. The number of hydrogen-bond donors (Lipinski definition) is 0. The van der Waals surface area contributed by atoms with Crippen LogP contribution in [0, 0.1) is 11.3 Å². The molecule has 1 fully saturated rings. The first-order valence-corrected chi connectivity index (χ1v) is 7.01. The molecule has 0 bridgehead atoms. The highest BCUT2D eigenvalue weighted by Gasteiger charge is 2.48. The first-order chi connectivity index (χ1) is 9.45. The summed E-state index contributed by atoms with van der Waals surface area (Å²) in [6.45, 7) is 7.21. The van der Waals surface area contributed by atoms with Crippen molar-refractivity contribution < 1.29 is 23.9 Å². The van der Waals surface area contributed by atoms with Crippen LogP contribution < -0.4 is 0 Å². The van der Waals surface area contributed by atoms with Gasteiger partial charge in [0.1, 0.15) is 0 Å². The van der Waals surface area contributed by atoms with Crippen molar-refractivity contribution in [3.05, 3.63) is 12.7 Å². The summed E-state index contributed by atoms with van der Waals surface area (Å²) < 4.78 is 9.88. The van der Waals surface area contributed by atoms with Gasteiger partial charge in [-0.05, 0) is 26.2 Å². The highest BCUT2D eigenvalue weighted by atomic mass is 16.6. The van der Waals surface area contributed by atoms with Crippen molar-refractivity contribution >= 4 is 17.9 Å². The number of carbonyl (C=O) groups is 3. The van der Waals surface area contributed by atoms with Crippen molar-refractivity contribution in [2.45, 2.75) is 46.0 Å². The van der Waals surface area contributed by atoms with Gasteiger partial charge < -0.3 is 9.47 Å². The fraction of sp³-hybridized carbons (Fsp3) is 0.667. The van der Waals surface area contributed by atoms with Crippen molar-refractivity contribution in [2.24, 2.45) is 11.3 Å². The average Bonchev–Trinajstić information content (AvgIpc) is 2.44. The van der Waals surface area contributed by atoms with Crippen molar-refractivity contribution in [1.82, 2.24) is 0 Å². The van der Waals surface area contributed by atoms with E-state index in [9.17, 15) is 14.4 Å². The maximum Gasteiger partial charge on any atom is 0.337 e. The summed E-state index contributed by atoms with van der Waals surface area (Å²) in [5.74, 6) is -2.47. The molecule has 1 aliphatic rings. The second-order valence-electron chi connectivity index (χ2n) is 5.30. The van der Waals surface area contributed by atoms with Crippen LogP contribution in [0.4, 0.5) is 0 Å². The second kappa shape index (κ2) is 7.22. The molecule has 1 aliphatic carbocycles. The van der Waals surface area contributed by atoms with Gasteiger partial charge in [-0.2, -0.15) is 0 Å². The van der Waals surface area contributed by atoms with Crippen LogP contribution in [0.1, 0.15) is 46.0 Å². The standard InChI is InChI=1S/C15H22O5/c1-4-10-19-14(18)15(3)9-7-6-8-11(15)13(17)20-12(16)5-2/h5,11H,2,4,6-10H2,1,3H3. The van der Waals surface area contributed by atoms with Crippen LogP contribution in [0.3, 0.4) is 0 Å². The first kappa shape index (κ1) is 16.4. The molecule has 0 aromatic heterocycles. The van der Waals surface area contributed by atoms with E-state index in [4.69, 9.17) is 4.74 Å².